The highest BCUT2D eigenvalue weighted by Gasteiger charge is 2.24. The summed E-state index contributed by atoms with van der Waals surface area (Å²) in [7, 11) is 0. The van der Waals surface area contributed by atoms with E-state index in [1.165, 1.54) is 45.8 Å². The van der Waals surface area contributed by atoms with Crippen LogP contribution in [-0.4, -0.2) is 54.5 Å². The van der Waals surface area contributed by atoms with Gasteiger partial charge in [-0.3, -0.25) is 4.79 Å². The lowest BCUT2D eigenvalue weighted by Crippen LogP contribution is -2.44. The van der Waals surface area contributed by atoms with Gasteiger partial charge in [0.25, 0.3) is 0 Å². The molecule has 2 fully saturated rings. The maximum atomic E-state index is 12.7. The molecular formula is C26H34N4O2. The lowest BCUT2D eigenvalue weighted by atomic mass is 9.95. The van der Waals surface area contributed by atoms with Gasteiger partial charge in [0.2, 0.25) is 5.91 Å². The minimum absolute atomic E-state index is 0.0122. The third-order valence-electron chi connectivity index (χ3n) is 6.52. The molecule has 0 aliphatic carbocycles. The summed E-state index contributed by atoms with van der Waals surface area (Å²) in [5, 5.41) is 5.85. The van der Waals surface area contributed by atoms with Crippen LogP contribution >= 0.6 is 0 Å². The first-order valence-electron chi connectivity index (χ1n) is 11.8. The fraction of sp³-hybridized carbons (Fsp3) is 0.462. The van der Waals surface area contributed by atoms with Gasteiger partial charge >= 0.3 is 6.03 Å². The molecule has 3 amide bonds. The van der Waals surface area contributed by atoms with Crippen molar-refractivity contribution >= 4 is 23.3 Å². The van der Waals surface area contributed by atoms with E-state index < -0.39 is 0 Å². The first kappa shape index (κ1) is 22.3. The second kappa shape index (κ2) is 10.6. The van der Waals surface area contributed by atoms with Crippen molar-refractivity contribution in [2.75, 3.05) is 43.4 Å². The molecule has 4 rings (SSSR count). The minimum Gasteiger partial charge on any atom is -0.326 e. The van der Waals surface area contributed by atoms with Crippen LogP contribution in [0, 0.1) is 5.92 Å². The fourth-order valence-corrected chi connectivity index (χ4v) is 4.75. The van der Waals surface area contributed by atoms with Crippen molar-refractivity contribution in [2.45, 2.75) is 39.0 Å². The van der Waals surface area contributed by atoms with E-state index in [2.05, 4.69) is 15.5 Å². The Balaban J connectivity index is 1.27. The summed E-state index contributed by atoms with van der Waals surface area (Å²) in [4.78, 5) is 28.6. The van der Waals surface area contributed by atoms with Gasteiger partial charge in [0.15, 0.2) is 0 Å². The van der Waals surface area contributed by atoms with Crippen LogP contribution in [0.15, 0.2) is 48.5 Å². The average Bonchev–Trinajstić information content (AvgIpc) is 2.80. The van der Waals surface area contributed by atoms with Crippen molar-refractivity contribution in [2.24, 2.45) is 5.92 Å². The quantitative estimate of drug-likeness (QED) is 0.693. The predicted octanol–water partition coefficient (Wildman–Crippen LogP) is 5.04. The number of carbonyl (C=O) groups excluding carboxylic acids is 2. The maximum absolute atomic E-state index is 12.7. The Morgan fingerprint density at radius 2 is 1.56 bits per heavy atom. The van der Waals surface area contributed by atoms with Gasteiger partial charge in [0.05, 0.1) is 0 Å². The van der Waals surface area contributed by atoms with Gasteiger partial charge in [-0.15, -0.1) is 0 Å². The number of nitrogens with one attached hydrogen (secondary N) is 2. The molecule has 6 nitrogen and oxygen atoms in total. The van der Waals surface area contributed by atoms with Crippen molar-refractivity contribution in [1.29, 1.82) is 0 Å². The number of hydrogen-bond acceptors (Lipinski definition) is 3. The highest BCUT2D eigenvalue weighted by Crippen LogP contribution is 2.25. The summed E-state index contributed by atoms with van der Waals surface area (Å²) in [5.74, 6) is 0.625. The lowest BCUT2D eigenvalue weighted by Gasteiger charge is -2.36. The number of amides is 3. The summed E-state index contributed by atoms with van der Waals surface area (Å²) in [6, 6.07) is 15.6. The van der Waals surface area contributed by atoms with E-state index in [-0.39, 0.29) is 11.9 Å². The molecule has 2 saturated heterocycles. The number of hydrogen-bond donors (Lipinski definition) is 2. The normalized spacial score (nSPS) is 17.7. The molecule has 2 heterocycles. The summed E-state index contributed by atoms with van der Waals surface area (Å²) < 4.78 is 0. The van der Waals surface area contributed by atoms with E-state index in [9.17, 15) is 9.59 Å². The Hall–Kier alpha value is -2.86. The molecule has 2 N–H and O–H groups in total. The first-order chi connectivity index (χ1) is 15.6. The Morgan fingerprint density at radius 1 is 0.844 bits per heavy atom. The van der Waals surface area contributed by atoms with Gasteiger partial charge in [-0.05, 0) is 80.1 Å². The molecule has 170 valence electrons. The Labute approximate surface area is 191 Å². The van der Waals surface area contributed by atoms with Crippen LogP contribution in [0.1, 0.15) is 39.0 Å². The van der Waals surface area contributed by atoms with Crippen molar-refractivity contribution < 1.29 is 9.59 Å². The number of carbonyl (C=O) groups is 2. The van der Waals surface area contributed by atoms with Crippen LogP contribution in [0.3, 0.4) is 0 Å². The van der Waals surface area contributed by atoms with Crippen LogP contribution in [0.2, 0.25) is 0 Å². The zero-order valence-electron chi connectivity index (χ0n) is 19.0. The molecule has 0 radical (unpaired) electrons. The first-order valence-corrected chi connectivity index (χ1v) is 11.8. The molecule has 2 aromatic rings. The number of benzene rings is 2. The maximum Gasteiger partial charge on any atom is 0.321 e. The highest BCUT2D eigenvalue weighted by molar-refractivity contribution is 5.90. The van der Waals surface area contributed by atoms with Crippen LogP contribution in [0.4, 0.5) is 16.2 Å². The number of urea groups is 1. The van der Waals surface area contributed by atoms with Gasteiger partial charge in [-0.2, -0.15) is 0 Å². The molecule has 2 aliphatic rings. The van der Waals surface area contributed by atoms with Gasteiger partial charge in [-0.25, -0.2) is 4.79 Å². The van der Waals surface area contributed by atoms with Crippen molar-refractivity contribution in [3.63, 3.8) is 0 Å². The number of likely N-dealkylation sites (tertiary alicyclic amines) is 2. The Kier molecular flexibility index (Phi) is 7.43. The van der Waals surface area contributed by atoms with E-state index in [0.717, 1.165) is 48.4 Å². The van der Waals surface area contributed by atoms with Gasteiger partial charge in [0, 0.05) is 37.9 Å². The molecule has 0 unspecified atom stereocenters. The van der Waals surface area contributed by atoms with Crippen molar-refractivity contribution in [3.8, 4) is 11.1 Å². The summed E-state index contributed by atoms with van der Waals surface area (Å²) >= 11 is 0. The largest absolute Gasteiger partial charge is 0.326 e. The van der Waals surface area contributed by atoms with Crippen LogP contribution in [0.25, 0.3) is 11.1 Å². The van der Waals surface area contributed by atoms with E-state index in [1.54, 1.807) is 0 Å². The smallest absolute Gasteiger partial charge is 0.321 e. The average molecular weight is 435 g/mol. The van der Waals surface area contributed by atoms with Crippen molar-refractivity contribution in [1.82, 2.24) is 9.80 Å². The Morgan fingerprint density at radius 3 is 2.25 bits per heavy atom. The monoisotopic (exact) mass is 434 g/mol. The fourth-order valence-electron chi connectivity index (χ4n) is 4.75. The second-order valence-corrected chi connectivity index (χ2v) is 9.06. The highest BCUT2D eigenvalue weighted by atomic mass is 16.2. The summed E-state index contributed by atoms with van der Waals surface area (Å²) in [6.07, 6.45) is 6.22. The summed E-state index contributed by atoms with van der Waals surface area (Å²) in [5.41, 5.74) is 3.63. The third kappa shape index (κ3) is 6.10. The third-order valence-corrected chi connectivity index (χ3v) is 6.52. The Bertz CT molecular complexity index is 914. The molecule has 2 aliphatic heterocycles. The molecule has 0 saturated carbocycles. The number of rotatable bonds is 5. The second-order valence-electron chi connectivity index (χ2n) is 9.06. The number of nitrogens with zero attached hydrogens (tertiary/aromatic N) is 2. The number of anilines is 2. The van der Waals surface area contributed by atoms with Crippen LogP contribution < -0.4 is 10.6 Å². The molecule has 2 aromatic carbocycles. The molecule has 32 heavy (non-hydrogen) atoms. The van der Waals surface area contributed by atoms with E-state index >= 15 is 0 Å². The van der Waals surface area contributed by atoms with Crippen molar-refractivity contribution in [3.05, 3.63) is 48.5 Å². The molecule has 0 spiro atoms. The SMILES string of the molecule is CC(=O)Nc1cccc(-c2ccc(NC(=O)N3CCC(CN4CCCCC4)CC3)cc2)c1. The molecule has 0 aromatic heterocycles. The minimum atomic E-state index is -0.0873. The number of piperidine rings is 2. The standard InChI is InChI=1S/C26H34N4O2/c1-20(31)27-25-7-5-6-23(18-25)22-8-10-24(11-9-22)28-26(32)30-16-12-21(13-17-30)19-29-14-3-2-4-15-29/h5-11,18,21H,2-4,12-17,19H2,1H3,(H,27,31)(H,28,32). The van der Waals surface area contributed by atoms with E-state index in [1.807, 2.05) is 53.4 Å². The van der Waals surface area contributed by atoms with Crippen LogP contribution in [-0.2, 0) is 4.79 Å². The molecular weight excluding hydrogens is 400 g/mol. The lowest BCUT2D eigenvalue weighted by molar-refractivity contribution is -0.114. The zero-order valence-corrected chi connectivity index (χ0v) is 19.0. The molecule has 0 atom stereocenters. The topological polar surface area (TPSA) is 64.7 Å². The van der Waals surface area contributed by atoms with Gasteiger partial charge < -0.3 is 20.4 Å². The van der Waals surface area contributed by atoms with E-state index in [0.29, 0.717) is 5.92 Å². The molecule has 6 heteroatoms. The van der Waals surface area contributed by atoms with Gasteiger partial charge in [-0.1, -0.05) is 30.7 Å². The van der Waals surface area contributed by atoms with E-state index in [4.69, 9.17) is 0 Å². The van der Waals surface area contributed by atoms with Gasteiger partial charge in [0.1, 0.15) is 0 Å². The predicted molar refractivity (Wildman–Crippen MR) is 130 cm³/mol. The molecule has 0 bridgehead atoms. The summed E-state index contributed by atoms with van der Waals surface area (Å²) in [6.45, 7) is 6.85. The zero-order chi connectivity index (χ0) is 22.3. The van der Waals surface area contributed by atoms with Crippen LogP contribution in [0.5, 0.6) is 0 Å².